The van der Waals surface area contributed by atoms with Gasteiger partial charge in [-0.2, -0.15) is 0 Å². The molecule has 2 amide bonds. The number of rotatable bonds is 6. The van der Waals surface area contributed by atoms with Crippen LogP contribution in [0.3, 0.4) is 0 Å². The Hall–Kier alpha value is -1.10. The number of amides is 2. The first-order valence-electron chi connectivity index (χ1n) is 9.42. The molecule has 1 saturated heterocycles. The highest BCUT2D eigenvalue weighted by molar-refractivity contribution is 5.83. The van der Waals surface area contributed by atoms with E-state index >= 15 is 0 Å². The highest BCUT2D eigenvalue weighted by Crippen LogP contribution is 2.32. The Labute approximate surface area is 139 Å². The summed E-state index contributed by atoms with van der Waals surface area (Å²) in [4.78, 5) is 28.9. The van der Waals surface area contributed by atoms with Gasteiger partial charge in [-0.05, 0) is 45.6 Å². The minimum atomic E-state index is -0.0109. The van der Waals surface area contributed by atoms with E-state index in [4.69, 9.17) is 0 Å². The summed E-state index contributed by atoms with van der Waals surface area (Å²) in [7, 11) is 2.17. The highest BCUT2D eigenvalue weighted by Gasteiger charge is 2.36. The lowest BCUT2D eigenvalue weighted by Crippen LogP contribution is -2.47. The molecule has 1 atom stereocenters. The summed E-state index contributed by atoms with van der Waals surface area (Å²) >= 11 is 0. The smallest absolute Gasteiger partial charge is 0.225 e. The van der Waals surface area contributed by atoms with Gasteiger partial charge in [0.1, 0.15) is 0 Å². The number of likely N-dealkylation sites (N-methyl/N-ethyl adjacent to an activating group) is 1. The lowest BCUT2D eigenvalue weighted by Gasteiger charge is -2.32. The molecule has 0 radical (unpaired) electrons. The Morgan fingerprint density at radius 1 is 1.04 bits per heavy atom. The molecule has 0 aromatic carbocycles. The van der Waals surface area contributed by atoms with Crippen molar-refractivity contribution in [1.29, 1.82) is 0 Å². The number of piperidine rings is 1. The van der Waals surface area contributed by atoms with E-state index in [0.717, 1.165) is 45.3 Å². The van der Waals surface area contributed by atoms with Crippen LogP contribution in [0.1, 0.15) is 51.4 Å². The Bertz CT molecular complexity index is 430. The van der Waals surface area contributed by atoms with Gasteiger partial charge in [0.2, 0.25) is 11.8 Å². The average molecular weight is 321 g/mol. The SMILES string of the molecule is CN(CCNC(=O)[C@H]1CCCN(C(=O)C2CC2)C1)C1CCCC1. The third-order valence-corrected chi connectivity index (χ3v) is 5.74. The van der Waals surface area contributed by atoms with Crippen LogP contribution in [0.25, 0.3) is 0 Å². The highest BCUT2D eigenvalue weighted by atomic mass is 16.2. The van der Waals surface area contributed by atoms with Crippen LogP contribution in [0, 0.1) is 11.8 Å². The van der Waals surface area contributed by atoms with Gasteiger partial charge in [-0.15, -0.1) is 0 Å². The molecular formula is C18H31N3O2. The molecule has 2 saturated carbocycles. The zero-order valence-corrected chi connectivity index (χ0v) is 14.4. The van der Waals surface area contributed by atoms with Gasteiger partial charge in [-0.25, -0.2) is 0 Å². The van der Waals surface area contributed by atoms with E-state index in [1.54, 1.807) is 0 Å². The van der Waals surface area contributed by atoms with Crippen molar-refractivity contribution < 1.29 is 9.59 Å². The maximum atomic E-state index is 12.4. The maximum absolute atomic E-state index is 12.4. The Balaban J connectivity index is 1.38. The summed E-state index contributed by atoms with van der Waals surface area (Å²) in [6, 6.07) is 0.702. The number of nitrogens with one attached hydrogen (secondary N) is 1. The second kappa shape index (κ2) is 7.65. The van der Waals surface area contributed by atoms with E-state index in [2.05, 4.69) is 17.3 Å². The quantitative estimate of drug-likeness (QED) is 0.809. The fraction of sp³-hybridized carbons (Fsp3) is 0.889. The molecule has 130 valence electrons. The normalized spacial score (nSPS) is 25.8. The van der Waals surface area contributed by atoms with Crippen LogP contribution in [0.5, 0.6) is 0 Å². The summed E-state index contributed by atoms with van der Waals surface area (Å²) in [6.45, 7) is 3.11. The van der Waals surface area contributed by atoms with Crippen LogP contribution < -0.4 is 5.32 Å². The van der Waals surface area contributed by atoms with Crippen molar-refractivity contribution >= 4 is 11.8 Å². The van der Waals surface area contributed by atoms with Crippen molar-refractivity contribution in [3.8, 4) is 0 Å². The van der Waals surface area contributed by atoms with Crippen LogP contribution in [-0.2, 0) is 9.59 Å². The zero-order chi connectivity index (χ0) is 16.2. The van der Waals surface area contributed by atoms with Gasteiger partial charge < -0.3 is 15.1 Å². The fourth-order valence-corrected chi connectivity index (χ4v) is 4.01. The number of carbonyl (C=O) groups is 2. The number of likely N-dealkylation sites (tertiary alicyclic amines) is 1. The molecule has 1 heterocycles. The van der Waals surface area contributed by atoms with Gasteiger partial charge in [0.15, 0.2) is 0 Å². The minimum absolute atomic E-state index is 0.0109. The van der Waals surface area contributed by atoms with E-state index in [9.17, 15) is 9.59 Å². The summed E-state index contributed by atoms with van der Waals surface area (Å²) < 4.78 is 0. The molecule has 3 aliphatic rings. The van der Waals surface area contributed by atoms with Gasteiger partial charge in [0.25, 0.3) is 0 Å². The van der Waals surface area contributed by atoms with E-state index in [1.165, 1.54) is 25.7 Å². The van der Waals surface area contributed by atoms with Gasteiger partial charge in [-0.3, -0.25) is 9.59 Å². The number of hydrogen-bond donors (Lipinski definition) is 1. The monoisotopic (exact) mass is 321 g/mol. The van der Waals surface area contributed by atoms with Gasteiger partial charge in [0.05, 0.1) is 5.92 Å². The number of carbonyl (C=O) groups excluding carboxylic acids is 2. The Kier molecular flexibility index (Phi) is 5.57. The van der Waals surface area contributed by atoms with E-state index in [0.29, 0.717) is 12.6 Å². The lowest BCUT2D eigenvalue weighted by atomic mass is 9.96. The fourth-order valence-electron chi connectivity index (χ4n) is 4.01. The molecule has 2 aliphatic carbocycles. The Morgan fingerprint density at radius 3 is 2.48 bits per heavy atom. The van der Waals surface area contributed by atoms with Crippen LogP contribution >= 0.6 is 0 Å². The van der Waals surface area contributed by atoms with Crippen molar-refractivity contribution in [3.05, 3.63) is 0 Å². The minimum Gasteiger partial charge on any atom is -0.355 e. The van der Waals surface area contributed by atoms with Crippen LogP contribution in [-0.4, -0.2) is 60.9 Å². The van der Waals surface area contributed by atoms with Crippen molar-refractivity contribution in [2.45, 2.75) is 57.4 Å². The number of nitrogens with zero attached hydrogens (tertiary/aromatic N) is 2. The second-order valence-corrected chi connectivity index (χ2v) is 7.61. The Morgan fingerprint density at radius 2 is 1.78 bits per heavy atom. The van der Waals surface area contributed by atoms with Crippen molar-refractivity contribution in [2.24, 2.45) is 11.8 Å². The first-order valence-corrected chi connectivity index (χ1v) is 9.42. The molecule has 0 aromatic rings. The van der Waals surface area contributed by atoms with Crippen molar-refractivity contribution in [2.75, 3.05) is 33.2 Å². The molecule has 0 unspecified atom stereocenters. The molecule has 5 heteroatoms. The molecule has 3 fully saturated rings. The molecule has 3 rings (SSSR count). The lowest BCUT2D eigenvalue weighted by molar-refractivity contribution is -0.136. The molecule has 1 N–H and O–H groups in total. The van der Waals surface area contributed by atoms with Gasteiger partial charge in [-0.1, -0.05) is 12.8 Å². The third kappa shape index (κ3) is 4.46. The van der Waals surface area contributed by atoms with E-state index in [-0.39, 0.29) is 23.7 Å². The second-order valence-electron chi connectivity index (χ2n) is 7.61. The summed E-state index contributed by atoms with van der Waals surface area (Å²) in [5, 5.41) is 3.09. The topological polar surface area (TPSA) is 52.7 Å². The molecule has 0 bridgehead atoms. The first-order chi connectivity index (χ1) is 11.1. The number of hydrogen-bond acceptors (Lipinski definition) is 3. The molecule has 0 aromatic heterocycles. The van der Waals surface area contributed by atoms with Gasteiger partial charge in [0, 0.05) is 38.1 Å². The zero-order valence-electron chi connectivity index (χ0n) is 14.4. The van der Waals surface area contributed by atoms with E-state index in [1.807, 2.05) is 4.90 Å². The molecule has 1 aliphatic heterocycles. The van der Waals surface area contributed by atoms with Crippen molar-refractivity contribution in [3.63, 3.8) is 0 Å². The molecule has 0 spiro atoms. The predicted molar refractivity (Wildman–Crippen MR) is 89.9 cm³/mol. The average Bonchev–Trinajstić information content (AvgIpc) is 3.28. The van der Waals surface area contributed by atoms with Crippen molar-refractivity contribution in [1.82, 2.24) is 15.1 Å². The summed E-state index contributed by atoms with van der Waals surface area (Å²) in [5.41, 5.74) is 0. The summed E-state index contributed by atoms with van der Waals surface area (Å²) in [5.74, 6) is 0.668. The maximum Gasteiger partial charge on any atom is 0.225 e. The van der Waals surface area contributed by atoms with Crippen LogP contribution in [0.15, 0.2) is 0 Å². The van der Waals surface area contributed by atoms with Crippen LogP contribution in [0.4, 0.5) is 0 Å². The summed E-state index contributed by atoms with van der Waals surface area (Å²) in [6.07, 6.45) is 9.23. The van der Waals surface area contributed by atoms with E-state index < -0.39 is 0 Å². The molecule has 23 heavy (non-hydrogen) atoms. The van der Waals surface area contributed by atoms with Gasteiger partial charge >= 0.3 is 0 Å². The van der Waals surface area contributed by atoms with Crippen LogP contribution in [0.2, 0.25) is 0 Å². The molecule has 5 nitrogen and oxygen atoms in total. The largest absolute Gasteiger partial charge is 0.355 e. The predicted octanol–water partition coefficient (Wildman–Crippen LogP) is 1.63. The third-order valence-electron chi connectivity index (χ3n) is 5.74. The first kappa shape index (κ1) is 16.7. The standard InChI is InChI=1S/C18H31N3O2/c1-20(16-6-2-3-7-16)12-10-19-17(22)15-5-4-11-21(13-15)18(23)14-8-9-14/h14-16H,2-13H2,1H3,(H,19,22)/t15-/m0/s1. The molecular weight excluding hydrogens is 290 g/mol.